The van der Waals surface area contributed by atoms with E-state index in [1.165, 1.54) is 0 Å². The van der Waals surface area contributed by atoms with Gasteiger partial charge >= 0.3 is 17.6 Å². The highest BCUT2D eigenvalue weighted by atomic mass is 16.5. The second kappa shape index (κ2) is 7.94. The minimum Gasteiger partial charge on any atom is -0.466 e. The Morgan fingerprint density at radius 3 is 2.56 bits per heavy atom. The van der Waals surface area contributed by atoms with Crippen molar-refractivity contribution in [2.75, 3.05) is 31.2 Å². The first-order valence-corrected chi connectivity index (χ1v) is 9.43. The zero-order valence-electron chi connectivity index (χ0n) is 16.4. The largest absolute Gasteiger partial charge is 0.466 e. The maximum Gasteiger partial charge on any atom is 0.352 e. The second-order valence-electron chi connectivity index (χ2n) is 6.75. The summed E-state index contributed by atoms with van der Waals surface area (Å²) in [6.45, 7) is 7.62. The number of ether oxygens (including phenoxy) is 2. The third-order valence-corrected chi connectivity index (χ3v) is 4.99. The van der Waals surface area contributed by atoms with Gasteiger partial charge < -0.3 is 14.4 Å². The molecule has 0 aliphatic carbocycles. The van der Waals surface area contributed by atoms with Crippen LogP contribution in [0.5, 0.6) is 0 Å². The van der Waals surface area contributed by atoms with Crippen molar-refractivity contribution in [3.8, 4) is 0 Å². The molecule has 146 valence electrons. The van der Waals surface area contributed by atoms with Crippen LogP contribution in [0.15, 0.2) is 6.20 Å². The standard InChI is InChI=1S/C19H26N4O4/c1-5-26-18(24)13-7-9-23(10-8-13)16-14(19(25)27-6-2)11-20-17-15(16)12(3)21-22(17)4/h11,13H,5-10H2,1-4H3/p+1. The molecule has 8 nitrogen and oxygen atoms in total. The van der Waals surface area contributed by atoms with E-state index in [0.717, 1.165) is 22.4 Å². The zero-order chi connectivity index (χ0) is 19.6. The lowest BCUT2D eigenvalue weighted by Gasteiger charge is -2.33. The van der Waals surface area contributed by atoms with Crippen LogP contribution in [0, 0.1) is 12.8 Å². The quantitative estimate of drug-likeness (QED) is 0.632. The van der Waals surface area contributed by atoms with Gasteiger partial charge in [-0.15, -0.1) is 0 Å². The van der Waals surface area contributed by atoms with E-state index in [4.69, 9.17) is 9.47 Å². The number of carbonyl (C=O) groups excluding carboxylic acids is 2. The van der Waals surface area contributed by atoms with Crippen LogP contribution >= 0.6 is 0 Å². The van der Waals surface area contributed by atoms with Crippen LogP contribution in [-0.4, -0.2) is 48.3 Å². The fourth-order valence-electron chi connectivity index (χ4n) is 3.74. The SMILES string of the molecule is CCOC(=O)c1cnc2c(c(C)[nH][n+]2C)c1N1CCC(C(=O)OCC)CC1. The molecule has 2 aromatic heterocycles. The van der Waals surface area contributed by atoms with Gasteiger partial charge in [0.2, 0.25) is 0 Å². The van der Waals surface area contributed by atoms with Gasteiger partial charge in [0.15, 0.2) is 6.20 Å². The molecule has 1 fully saturated rings. The smallest absolute Gasteiger partial charge is 0.352 e. The Bertz CT molecular complexity index is 853. The molecule has 8 heteroatoms. The first-order valence-electron chi connectivity index (χ1n) is 9.43. The molecule has 0 atom stereocenters. The van der Waals surface area contributed by atoms with Crippen LogP contribution in [0.2, 0.25) is 0 Å². The highest BCUT2D eigenvalue weighted by Crippen LogP contribution is 2.34. The molecule has 0 bridgehead atoms. The number of carbonyl (C=O) groups is 2. The fourth-order valence-corrected chi connectivity index (χ4v) is 3.74. The number of aromatic nitrogens is 3. The number of pyridine rings is 1. The summed E-state index contributed by atoms with van der Waals surface area (Å²) in [5.41, 5.74) is 3.01. The van der Waals surface area contributed by atoms with Crippen molar-refractivity contribution in [3.05, 3.63) is 17.5 Å². The number of fused-ring (bicyclic) bond motifs is 1. The van der Waals surface area contributed by atoms with Crippen LogP contribution in [0.25, 0.3) is 11.0 Å². The Morgan fingerprint density at radius 2 is 1.93 bits per heavy atom. The molecule has 1 N–H and O–H groups in total. The Balaban J connectivity index is 1.98. The Kier molecular flexibility index (Phi) is 5.62. The molecule has 3 heterocycles. The summed E-state index contributed by atoms with van der Waals surface area (Å²) in [4.78, 5) is 31.2. The lowest BCUT2D eigenvalue weighted by atomic mass is 9.95. The average molecular weight is 375 g/mol. The van der Waals surface area contributed by atoms with Crippen LogP contribution in [0.3, 0.4) is 0 Å². The predicted octanol–water partition coefficient (Wildman–Crippen LogP) is 1.65. The first-order chi connectivity index (χ1) is 13.0. The minimum atomic E-state index is -0.377. The van der Waals surface area contributed by atoms with Gasteiger partial charge in [-0.05, 0) is 38.6 Å². The number of H-pyrrole nitrogens is 1. The number of aromatic amines is 1. The second-order valence-corrected chi connectivity index (χ2v) is 6.75. The zero-order valence-corrected chi connectivity index (χ0v) is 16.4. The van der Waals surface area contributed by atoms with E-state index in [-0.39, 0.29) is 17.9 Å². The number of esters is 2. The third-order valence-electron chi connectivity index (χ3n) is 4.99. The van der Waals surface area contributed by atoms with E-state index in [1.54, 1.807) is 13.1 Å². The van der Waals surface area contributed by atoms with Gasteiger partial charge in [0.05, 0.1) is 30.5 Å². The number of hydrogen-bond donors (Lipinski definition) is 1. The number of rotatable bonds is 5. The maximum absolute atomic E-state index is 12.5. The number of hydrogen-bond acceptors (Lipinski definition) is 6. The summed E-state index contributed by atoms with van der Waals surface area (Å²) in [6, 6.07) is 0. The third kappa shape index (κ3) is 3.61. The van der Waals surface area contributed by atoms with Crippen molar-refractivity contribution in [1.82, 2.24) is 10.1 Å². The molecule has 3 rings (SSSR count). The van der Waals surface area contributed by atoms with Crippen LogP contribution in [0.4, 0.5) is 5.69 Å². The van der Waals surface area contributed by atoms with Gasteiger partial charge in [-0.3, -0.25) is 4.79 Å². The topological polar surface area (TPSA) is 88.4 Å². The number of aryl methyl sites for hydroxylation is 2. The van der Waals surface area contributed by atoms with Gasteiger partial charge in [0.25, 0.3) is 0 Å². The lowest BCUT2D eigenvalue weighted by Crippen LogP contribution is -2.38. The van der Waals surface area contributed by atoms with Gasteiger partial charge in [-0.25, -0.2) is 9.89 Å². The average Bonchev–Trinajstić information content (AvgIpc) is 2.95. The van der Waals surface area contributed by atoms with Crippen molar-refractivity contribution in [2.24, 2.45) is 13.0 Å². The first kappa shape index (κ1) is 19.1. The van der Waals surface area contributed by atoms with E-state index in [2.05, 4.69) is 15.0 Å². The van der Waals surface area contributed by atoms with Crippen molar-refractivity contribution in [2.45, 2.75) is 33.6 Å². The molecular formula is C19H27N4O4+. The van der Waals surface area contributed by atoms with Crippen molar-refractivity contribution in [3.63, 3.8) is 0 Å². The summed E-state index contributed by atoms with van der Waals surface area (Å²) < 4.78 is 12.3. The van der Waals surface area contributed by atoms with Gasteiger partial charge in [0.1, 0.15) is 18.0 Å². The van der Waals surface area contributed by atoms with Crippen LogP contribution < -0.4 is 9.58 Å². The van der Waals surface area contributed by atoms with Crippen molar-refractivity contribution in [1.29, 1.82) is 0 Å². The minimum absolute atomic E-state index is 0.0898. The van der Waals surface area contributed by atoms with Gasteiger partial charge in [0, 0.05) is 13.1 Å². The number of anilines is 1. The highest BCUT2D eigenvalue weighted by Gasteiger charge is 2.32. The molecule has 0 radical (unpaired) electrons. The van der Waals surface area contributed by atoms with E-state index < -0.39 is 0 Å². The van der Waals surface area contributed by atoms with E-state index in [0.29, 0.717) is 44.7 Å². The molecule has 1 aliphatic rings. The summed E-state index contributed by atoms with van der Waals surface area (Å²) in [6.07, 6.45) is 2.97. The van der Waals surface area contributed by atoms with Crippen LogP contribution in [-0.2, 0) is 21.3 Å². The monoisotopic (exact) mass is 375 g/mol. The number of nitrogens with one attached hydrogen (secondary N) is 1. The Hall–Kier alpha value is -2.64. The maximum atomic E-state index is 12.5. The molecule has 0 spiro atoms. The van der Waals surface area contributed by atoms with Crippen molar-refractivity contribution >= 4 is 28.7 Å². The summed E-state index contributed by atoms with van der Waals surface area (Å²) in [5, 5.41) is 4.15. The van der Waals surface area contributed by atoms with Crippen molar-refractivity contribution < 1.29 is 23.7 Å². The summed E-state index contributed by atoms with van der Waals surface area (Å²) >= 11 is 0. The van der Waals surface area contributed by atoms with E-state index in [9.17, 15) is 9.59 Å². The lowest BCUT2D eigenvalue weighted by molar-refractivity contribution is -0.704. The molecule has 1 aliphatic heterocycles. The molecule has 2 aromatic rings. The van der Waals surface area contributed by atoms with Crippen LogP contribution in [0.1, 0.15) is 42.7 Å². The summed E-state index contributed by atoms with van der Waals surface area (Å²) in [5.74, 6) is -0.600. The Morgan fingerprint density at radius 1 is 1.26 bits per heavy atom. The fraction of sp³-hybridized carbons (Fsp3) is 0.579. The van der Waals surface area contributed by atoms with E-state index >= 15 is 0 Å². The normalized spacial score (nSPS) is 15.2. The number of nitrogens with zero attached hydrogens (tertiary/aromatic N) is 3. The van der Waals surface area contributed by atoms with Gasteiger partial charge in [-0.1, -0.05) is 0 Å². The molecular weight excluding hydrogens is 348 g/mol. The highest BCUT2D eigenvalue weighted by molar-refractivity contribution is 6.04. The van der Waals surface area contributed by atoms with E-state index in [1.807, 2.05) is 25.6 Å². The molecule has 0 unspecified atom stereocenters. The molecule has 0 amide bonds. The van der Waals surface area contributed by atoms with Gasteiger partial charge in [-0.2, -0.15) is 4.68 Å². The predicted molar refractivity (Wildman–Crippen MR) is 99.5 cm³/mol. The molecule has 27 heavy (non-hydrogen) atoms. The number of piperidine rings is 1. The molecule has 1 saturated heterocycles. The molecule has 0 aromatic carbocycles. The molecule has 0 saturated carbocycles. The summed E-state index contributed by atoms with van der Waals surface area (Å²) in [7, 11) is 1.89. The Labute approximate surface area is 158 Å².